The fourth-order valence-corrected chi connectivity index (χ4v) is 1.23. The Balaban J connectivity index is 2.68. The van der Waals surface area contributed by atoms with Crippen molar-refractivity contribution >= 4 is 0 Å². The standard InChI is InChI=1S/C9H16N2O2/c1-2-3-4-9-10-7(5-12)8(6-13)11-9/h12-13H,2-6H2,1H3,(H,10,11). The fourth-order valence-electron chi connectivity index (χ4n) is 1.23. The minimum Gasteiger partial charge on any atom is -0.390 e. The van der Waals surface area contributed by atoms with Gasteiger partial charge in [-0.25, -0.2) is 4.98 Å². The first kappa shape index (κ1) is 10.2. The van der Waals surface area contributed by atoms with Crippen LogP contribution in [0.25, 0.3) is 0 Å². The fraction of sp³-hybridized carbons (Fsp3) is 0.667. The van der Waals surface area contributed by atoms with Crippen LogP contribution in [0.5, 0.6) is 0 Å². The SMILES string of the molecule is CCCCc1nc(CO)c(CO)[nH]1. The Morgan fingerprint density at radius 3 is 2.54 bits per heavy atom. The third-order valence-electron chi connectivity index (χ3n) is 1.99. The molecule has 0 radical (unpaired) electrons. The molecule has 1 aromatic rings. The summed E-state index contributed by atoms with van der Waals surface area (Å²) in [6.07, 6.45) is 3.07. The number of imidazole rings is 1. The topological polar surface area (TPSA) is 69.1 Å². The van der Waals surface area contributed by atoms with E-state index in [1.807, 2.05) is 0 Å². The van der Waals surface area contributed by atoms with Crippen LogP contribution in [0.2, 0.25) is 0 Å². The summed E-state index contributed by atoms with van der Waals surface area (Å²) in [6.45, 7) is 1.91. The number of aromatic nitrogens is 2. The lowest BCUT2D eigenvalue weighted by Gasteiger charge is -1.92. The van der Waals surface area contributed by atoms with Gasteiger partial charge < -0.3 is 15.2 Å². The van der Waals surface area contributed by atoms with Gasteiger partial charge >= 0.3 is 0 Å². The molecule has 1 rings (SSSR count). The monoisotopic (exact) mass is 184 g/mol. The lowest BCUT2D eigenvalue weighted by Crippen LogP contribution is -1.91. The minimum atomic E-state index is -0.113. The first-order chi connectivity index (χ1) is 6.31. The van der Waals surface area contributed by atoms with Crippen LogP contribution >= 0.6 is 0 Å². The van der Waals surface area contributed by atoms with Gasteiger partial charge in [0.15, 0.2) is 0 Å². The van der Waals surface area contributed by atoms with Crippen LogP contribution in [0, 0.1) is 0 Å². The number of H-pyrrole nitrogens is 1. The molecule has 0 spiro atoms. The van der Waals surface area contributed by atoms with E-state index in [1.54, 1.807) is 0 Å². The van der Waals surface area contributed by atoms with Crippen molar-refractivity contribution in [3.63, 3.8) is 0 Å². The molecule has 3 N–H and O–H groups in total. The molecule has 1 aromatic heterocycles. The molecule has 4 heteroatoms. The van der Waals surface area contributed by atoms with Crippen LogP contribution in [-0.2, 0) is 19.6 Å². The van der Waals surface area contributed by atoms with E-state index in [2.05, 4.69) is 16.9 Å². The molecule has 0 aromatic carbocycles. The lowest BCUT2D eigenvalue weighted by molar-refractivity contribution is 0.255. The van der Waals surface area contributed by atoms with Crippen LogP contribution in [0.3, 0.4) is 0 Å². The van der Waals surface area contributed by atoms with Gasteiger partial charge in [0.2, 0.25) is 0 Å². The molecule has 4 nitrogen and oxygen atoms in total. The van der Waals surface area contributed by atoms with Gasteiger partial charge in [-0.1, -0.05) is 13.3 Å². The van der Waals surface area contributed by atoms with Crippen LogP contribution in [0.4, 0.5) is 0 Å². The Labute approximate surface area is 77.6 Å². The molecule has 74 valence electrons. The van der Waals surface area contributed by atoms with Crippen molar-refractivity contribution in [2.45, 2.75) is 39.4 Å². The average molecular weight is 184 g/mol. The van der Waals surface area contributed by atoms with E-state index in [0.717, 1.165) is 25.1 Å². The Kier molecular flexibility index (Phi) is 3.92. The number of hydrogen-bond acceptors (Lipinski definition) is 3. The predicted octanol–water partition coefficient (Wildman–Crippen LogP) is 0.737. The Morgan fingerprint density at radius 2 is 2.08 bits per heavy atom. The van der Waals surface area contributed by atoms with Crippen molar-refractivity contribution in [1.82, 2.24) is 9.97 Å². The van der Waals surface area contributed by atoms with E-state index >= 15 is 0 Å². The minimum absolute atomic E-state index is 0.0883. The van der Waals surface area contributed by atoms with Gasteiger partial charge in [-0.3, -0.25) is 0 Å². The van der Waals surface area contributed by atoms with Gasteiger partial charge in [0.25, 0.3) is 0 Å². The number of nitrogens with zero attached hydrogens (tertiary/aromatic N) is 1. The van der Waals surface area contributed by atoms with Crippen molar-refractivity contribution in [2.24, 2.45) is 0 Å². The number of aryl methyl sites for hydroxylation is 1. The highest BCUT2D eigenvalue weighted by molar-refractivity contribution is 5.13. The van der Waals surface area contributed by atoms with E-state index in [9.17, 15) is 0 Å². The number of unbranched alkanes of at least 4 members (excludes halogenated alkanes) is 1. The molecule has 0 unspecified atom stereocenters. The highest BCUT2D eigenvalue weighted by Crippen LogP contribution is 2.08. The molecule has 0 aliphatic rings. The van der Waals surface area contributed by atoms with Crippen molar-refractivity contribution in [3.8, 4) is 0 Å². The average Bonchev–Trinajstić information content (AvgIpc) is 2.57. The van der Waals surface area contributed by atoms with Gasteiger partial charge in [-0.2, -0.15) is 0 Å². The Bertz CT molecular complexity index is 237. The van der Waals surface area contributed by atoms with Crippen LogP contribution in [0.15, 0.2) is 0 Å². The van der Waals surface area contributed by atoms with E-state index in [4.69, 9.17) is 10.2 Å². The first-order valence-electron chi connectivity index (χ1n) is 4.60. The number of aliphatic hydroxyl groups is 2. The molecule has 1 heterocycles. The number of aliphatic hydroxyl groups excluding tert-OH is 2. The van der Waals surface area contributed by atoms with Gasteiger partial charge in [0.1, 0.15) is 5.82 Å². The van der Waals surface area contributed by atoms with Crippen molar-refractivity contribution in [3.05, 3.63) is 17.2 Å². The maximum absolute atomic E-state index is 8.91. The van der Waals surface area contributed by atoms with Crippen molar-refractivity contribution in [2.75, 3.05) is 0 Å². The summed E-state index contributed by atoms with van der Waals surface area (Å²) in [6, 6.07) is 0. The second-order valence-corrected chi connectivity index (χ2v) is 3.03. The van der Waals surface area contributed by atoms with Gasteiger partial charge in [0, 0.05) is 6.42 Å². The summed E-state index contributed by atoms with van der Waals surface area (Å²) in [5.41, 5.74) is 1.20. The third-order valence-corrected chi connectivity index (χ3v) is 1.99. The zero-order valence-electron chi connectivity index (χ0n) is 7.88. The largest absolute Gasteiger partial charge is 0.390 e. The van der Waals surface area contributed by atoms with E-state index in [0.29, 0.717) is 11.4 Å². The van der Waals surface area contributed by atoms with E-state index in [1.165, 1.54) is 0 Å². The number of hydrogen-bond donors (Lipinski definition) is 3. The summed E-state index contributed by atoms with van der Waals surface area (Å²) in [4.78, 5) is 7.17. The van der Waals surface area contributed by atoms with Gasteiger partial charge in [-0.15, -0.1) is 0 Å². The first-order valence-corrected chi connectivity index (χ1v) is 4.60. The highest BCUT2D eigenvalue weighted by Gasteiger charge is 2.07. The third kappa shape index (κ3) is 2.54. The second-order valence-electron chi connectivity index (χ2n) is 3.03. The Hall–Kier alpha value is -0.870. The predicted molar refractivity (Wildman–Crippen MR) is 49.0 cm³/mol. The quantitative estimate of drug-likeness (QED) is 0.632. The Morgan fingerprint density at radius 1 is 1.31 bits per heavy atom. The van der Waals surface area contributed by atoms with Crippen LogP contribution < -0.4 is 0 Å². The molecule has 0 bridgehead atoms. The lowest BCUT2D eigenvalue weighted by atomic mass is 10.2. The molecule has 0 aliphatic heterocycles. The second kappa shape index (κ2) is 4.99. The highest BCUT2D eigenvalue weighted by atomic mass is 16.3. The zero-order valence-corrected chi connectivity index (χ0v) is 7.88. The molecule has 0 amide bonds. The zero-order chi connectivity index (χ0) is 9.68. The number of aromatic amines is 1. The number of rotatable bonds is 5. The summed E-state index contributed by atoms with van der Waals surface area (Å²) < 4.78 is 0. The van der Waals surface area contributed by atoms with Crippen molar-refractivity contribution < 1.29 is 10.2 Å². The summed E-state index contributed by atoms with van der Waals surface area (Å²) in [7, 11) is 0. The normalized spacial score (nSPS) is 10.7. The number of nitrogens with one attached hydrogen (secondary N) is 1. The molecule has 13 heavy (non-hydrogen) atoms. The summed E-state index contributed by atoms with van der Waals surface area (Å²) >= 11 is 0. The molecule has 0 saturated carbocycles. The van der Waals surface area contributed by atoms with Crippen LogP contribution in [0.1, 0.15) is 37.0 Å². The molecule has 0 saturated heterocycles. The molecule has 0 aliphatic carbocycles. The smallest absolute Gasteiger partial charge is 0.106 e. The van der Waals surface area contributed by atoms with Crippen molar-refractivity contribution in [1.29, 1.82) is 0 Å². The van der Waals surface area contributed by atoms with E-state index < -0.39 is 0 Å². The molecular formula is C9H16N2O2. The van der Waals surface area contributed by atoms with E-state index in [-0.39, 0.29) is 13.2 Å². The summed E-state index contributed by atoms with van der Waals surface area (Å²) in [5.74, 6) is 0.856. The molecular weight excluding hydrogens is 168 g/mol. The van der Waals surface area contributed by atoms with Gasteiger partial charge in [-0.05, 0) is 6.42 Å². The van der Waals surface area contributed by atoms with Crippen LogP contribution in [-0.4, -0.2) is 20.2 Å². The summed E-state index contributed by atoms with van der Waals surface area (Å²) in [5, 5.41) is 17.8. The molecule has 0 fully saturated rings. The maximum Gasteiger partial charge on any atom is 0.106 e. The van der Waals surface area contributed by atoms with Gasteiger partial charge in [0.05, 0.1) is 24.6 Å². The molecule has 0 atom stereocenters. The maximum atomic E-state index is 8.91.